The summed E-state index contributed by atoms with van der Waals surface area (Å²) in [5.74, 6) is 0.339. The van der Waals surface area contributed by atoms with E-state index in [-0.39, 0.29) is 5.97 Å². The maximum atomic E-state index is 11.2. The molecule has 0 unspecified atom stereocenters. The molecule has 0 saturated heterocycles. The van der Waals surface area contributed by atoms with Crippen molar-refractivity contribution >= 4 is 21.9 Å². The largest absolute Gasteiger partial charge is 0.488 e. The van der Waals surface area contributed by atoms with Crippen LogP contribution in [0.4, 0.5) is 0 Å². The third-order valence-corrected chi connectivity index (χ3v) is 2.54. The smallest absolute Gasteiger partial charge is 0.337 e. The van der Waals surface area contributed by atoms with E-state index in [1.165, 1.54) is 7.11 Å². The standard InChI is InChI=1S/C12H13BrO3/c1-3-4-7-16-11-6-5-9(8-10(11)13)12(14)15-2/h3-6,8H,7H2,1-2H3. The van der Waals surface area contributed by atoms with Crippen LogP contribution in [0.25, 0.3) is 0 Å². The van der Waals surface area contributed by atoms with E-state index in [4.69, 9.17) is 4.74 Å². The van der Waals surface area contributed by atoms with E-state index >= 15 is 0 Å². The summed E-state index contributed by atoms with van der Waals surface area (Å²) in [4.78, 5) is 11.2. The highest BCUT2D eigenvalue weighted by Crippen LogP contribution is 2.26. The van der Waals surface area contributed by atoms with E-state index in [1.807, 2.05) is 19.1 Å². The molecule has 3 nitrogen and oxygen atoms in total. The van der Waals surface area contributed by atoms with Crippen LogP contribution in [0.5, 0.6) is 5.75 Å². The molecule has 4 heteroatoms. The van der Waals surface area contributed by atoms with Crippen molar-refractivity contribution in [1.82, 2.24) is 0 Å². The van der Waals surface area contributed by atoms with Gasteiger partial charge in [0.1, 0.15) is 12.4 Å². The Bertz CT molecular complexity index is 399. The molecule has 0 heterocycles. The highest BCUT2D eigenvalue weighted by atomic mass is 79.9. The number of carbonyl (C=O) groups excluding carboxylic acids is 1. The zero-order chi connectivity index (χ0) is 12.0. The fourth-order valence-corrected chi connectivity index (χ4v) is 1.59. The molecule has 0 aromatic heterocycles. The first-order valence-corrected chi connectivity index (χ1v) is 5.60. The van der Waals surface area contributed by atoms with Crippen LogP contribution in [-0.2, 0) is 4.74 Å². The number of esters is 1. The summed E-state index contributed by atoms with van der Waals surface area (Å²) < 4.78 is 10.8. The van der Waals surface area contributed by atoms with Crippen LogP contribution in [0.3, 0.4) is 0 Å². The lowest BCUT2D eigenvalue weighted by atomic mass is 10.2. The van der Waals surface area contributed by atoms with E-state index in [9.17, 15) is 4.79 Å². The van der Waals surface area contributed by atoms with Crippen LogP contribution in [-0.4, -0.2) is 19.7 Å². The third kappa shape index (κ3) is 3.38. The van der Waals surface area contributed by atoms with Crippen molar-refractivity contribution in [2.24, 2.45) is 0 Å². The molecule has 0 radical (unpaired) electrons. The minimum absolute atomic E-state index is 0.360. The molecule has 0 amide bonds. The molecule has 0 N–H and O–H groups in total. The Labute approximate surface area is 103 Å². The number of hydrogen-bond donors (Lipinski definition) is 0. The van der Waals surface area contributed by atoms with Gasteiger partial charge >= 0.3 is 5.97 Å². The molecule has 0 aliphatic heterocycles. The first-order valence-electron chi connectivity index (χ1n) is 4.81. The number of rotatable bonds is 4. The van der Waals surface area contributed by atoms with Gasteiger partial charge in [-0.15, -0.1) is 0 Å². The molecule has 0 spiro atoms. The third-order valence-electron chi connectivity index (χ3n) is 1.92. The Morgan fingerprint density at radius 1 is 1.50 bits per heavy atom. The second kappa shape index (κ2) is 6.33. The predicted octanol–water partition coefficient (Wildman–Crippen LogP) is 3.19. The molecule has 86 valence electrons. The lowest BCUT2D eigenvalue weighted by molar-refractivity contribution is 0.0600. The molecule has 16 heavy (non-hydrogen) atoms. The molecule has 0 aliphatic carbocycles. The van der Waals surface area contributed by atoms with E-state index < -0.39 is 0 Å². The molecule has 0 fully saturated rings. The SMILES string of the molecule is CC=CCOc1ccc(C(=O)OC)cc1Br. The zero-order valence-electron chi connectivity index (χ0n) is 9.20. The van der Waals surface area contributed by atoms with Gasteiger partial charge in [-0.1, -0.05) is 12.2 Å². The van der Waals surface area contributed by atoms with Crippen LogP contribution in [0.1, 0.15) is 17.3 Å². The normalized spacial score (nSPS) is 10.4. The number of carbonyl (C=O) groups is 1. The number of benzene rings is 1. The summed E-state index contributed by atoms with van der Waals surface area (Å²) >= 11 is 3.34. The molecular weight excluding hydrogens is 272 g/mol. The van der Waals surface area contributed by atoms with Gasteiger partial charge in [0.05, 0.1) is 17.1 Å². The minimum Gasteiger partial charge on any atom is -0.488 e. The van der Waals surface area contributed by atoms with Gasteiger partial charge < -0.3 is 9.47 Å². The average Bonchev–Trinajstić information content (AvgIpc) is 2.30. The summed E-state index contributed by atoms with van der Waals surface area (Å²) in [6.45, 7) is 2.44. The molecule has 0 atom stereocenters. The Hall–Kier alpha value is -1.29. The maximum absolute atomic E-state index is 11.2. The maximum Gasteiger partial charge on any atom is 0.337 e. The van der Waals surface area contributed by atoms with Gasteiger partial charge in [-0.3, -0.25) is 0 Å². The first-order chi connectivity index (χ1) is 7.69. The van der Waals surface area contributed by atoms with Gasteiger partial charge in [0, 0.05) is 0 Å². The number of hydrogen-bond acceptors (Lipinski definition) is 3. The molecule has 1 aromatic carbocycles. The lowest BCUT2D eigenvalue weighted by Crippen LogP contribution is -2.02. The van der Waals surface area contributed by atoms with E-state index in [2.05, 4.69) is 20.7 Å². The molecule has 0 aliphatic rings. The van der Waals surface area contributed by atoms with E-state index in [0.717, 1.165) is 4.47 Å². The van der Waals surface area contributed by atoms with Crippen LogP contribution < -0.4 is 4.74 Å². The molecule has 0 bridgehead atoms. The van der Waals surface area contributed by atoms with Gasteiger partial charge in [-0.05, 0) is 41.1 Å². The Kier molecular flexibility index (Phi) is 5.05. The van der Waals surface area contributed by atoms with Crippen LogP contribution in [0.15, 0.2) is 34.8 Å². The summed E-state index contributed by atoms with van der Waals surface area (Å²) in [6.07, 6.45) is 3.82. The van der Waals surface area contributed by atoms with Gasteiger partial charge in [-0.25, -0.2) is 4.79 Å². The summed E-state index contributed by atoms with van der Waals surface area (Å²) in [6, 6.07) is 5.08. The number of halogens is 1. The van der Waals surface area contributed by atoms with Crippen molar-refractivity contribution < 1.29 is 14.3 Å². The van der Waals surface area contributed by atoms with Crippen molar-refractivity contribution in [3.05, 3.63) is 40.4 Å². The molecular formula is C12H13BrO3. The second-order valence-electron chi connectivity index (χ2n) is 3.02. The van der Waals surface area contributed by atoms with E-state index in [0.29, 0.717) is 17.9 Å². The Morgan fingerprint density at radius 2 is 2.25 bits per heavy atom. The minimum atomic E-state index is -0.360. The van der Waals surface area contributed by atoms with Crippen LogP contribution >= 0.6 is 15.9 Å². The Morgan fingerprint density at radius 3 is 2.81 bits per heavy atom. The quantitative estimate of drug-likeness (QED) is 0.629. The van der Waals surface area contributed by atoms with Gasteiger partial charge in [0.2, 0.25) is 0 Å². The second-order valence-corrected chi connectivity index (χ2v) is 3.87. The molecule has 1 rings (SSSR count). The van der Waals surface area contributed by atoms with Crippen molar-refractivity contribution in [2.75, 3.05) is 13.7 Å². The van der Waals surface area contributed by atoms with Crippen LogP contribution in [0.2, 0.25) is 0 Å². The van der Waals surface area contributed by atoms with Crippen LogP contribution in [0, 0.1) is 0 Å². The summed E-state index contributed by atoms with van der Waals surface area (Å²) in [7, 11) is 1.35. The number of methoxy groups -OCH3 is 1. The zero-order valence-corrected chi connectivity index (χ0v) is 10.8. The van der Waals surface area contributed by atoms with Crippen molar-refractivity contribution in [3.8, 4) is 5.75 Å². The van der Waals surface area contributed by atoms with Crippen molar-refractivity contribution in [2.45, 2.75) is 6.92 Å². The highest BCUT2D eigenvalue weighted by molar-refractivity contribution is 9.10. The average molecular weight is 285 g/mol. The first kappa shape index (κ1) is 12.8. The Balaban J connectivity index is 2.79. The fourth-order valence-electron chi connectivity index (χ4n) is 1.10. The van der Waals surface area contributed by atoms with Gasteiger partial charge in [0.15, 0.2) is 0 Å². The van der Waals surface area contributed by atoms with Gasteiger partial charge in [-0.2, -0.15) is 0 Å². The predicted molar refractivity (Wildman–Crippen MR) is 65.8 cm³/mol. The number of allylic oxidation sites excluding steroid dienone is 1. The van der Waals surface area contributed by atoms with Gasteiger partial charge in [0.25, 0.3) is 0 Å². The topological polar surface area (TPSA) is 35.5 Å². The van der Waals surface area contributed by atoms with Crippen molar-refractivity contribution in [1.29, 1.82) is 0 Å². The lowest BCUT2D eigenvalue weighted by Gasteiger charge is -2.07. The summed E-state index contributed by atoms with van der Waals surface area (Å²) in [5.41, 5.74) is 0.493. The van der Waals surface area contributed by atoms with Crippen molar-refractivity contribution in [3.63, 3.8) is 0 Å². The summed E-state index contributed by atoms with van der Waals surface area (Å²) in [5, 5.41) is 0. The fraction of sp³-hybridized carbons (Fsp3) is 0.250. The molecule has 0 saturated carbocycles. The van der Waals surface area contributed by atoms with E-state index in [1.54, 1.807) is 18.2 Å². The number of ether oxygens (including phenoxy) is 2. The monoisotopic (exact) mass is 284 g/mol. The molecule has 1 aromatic rings. The highest BCUT2D eigenvalue weighted by Gasteiger charge is 2.08.